The van der Waals surface area contributed by atoms with Crippen LogP contribution in [0.4, 0.5) is 0 Å². The third kappa shape index (κ3) is 3.74. The van der Waals surface area contributed by atoms with E-state index in [0.29, 0.717) is 0 Å². The molecule has 82 valence electrons. The molecule has 0 aromatic heterocycles. The van der Waals surface area contributed by atoms with Crippen molar-refractivity contribution in [2.45, 2.75) is 39.7 Å². The lowest BCUT2D eigenvalue weighted by Gasteiger charge is -2.08. The summed E-state index contributed by atoms with van der Waals surface area (Å²) in [5.41, 5.74) is 2.03. The van der Waals surface area contributed by atoms with Crippen molar-refractivity contribution in [2.24, 2.45) is 0 Å². The van der Waals surface area contributed by atoms with Crippen LogP contribution >= 0.6 is 0 Å². The molecule has 0 fully saturated rings. The van der Waals surface area contributed by atoms with Crippen molar-refractivity contribution >= 4 is 5.91 Å². The van der Waals surface area contributed by atoms with Gasteiger partial charge in [0.05, 0.1) is 0 Å². The van der Waals surface area contributed by atoms with Crippen molar-refractivity contribution in [1.29, 1.82) is 0 Å². The fourth-order valence-electron chi connectivity index (χ4n) is 1.46. The van der Waals surface area contributed by atoms with E-state index in [2.05, 4.69) is 12.2 Å². The molecular formula is C13H19NO. The average Bonchev–Trinajstić information content (AvgIpc) is 2.18. The third-order valence-corrected chi connectivity index (χ3v) is 2.17. The number of nitrogens with one attached hydrogen (secondary N) is 1. The minimum Gasteiger partial charge on any atom is -0.350 e. The number of aryl methyl sites for hydroxylation is 1. The Balaban J connectivity index is 2.67. The molecule has 0 atom stereocenters. The Hall–Kier alpha value is -1.31. The van der Waals surface area contributed by atoms with Gasteiger partial charge in [0.25, 0.3) is 5.91 Å². The van der Waals surface area contributed by atoms with E-state index in [-0.39, 0.29) is 11.9 Å². The first-order valence-corrected chi connectivity index (χ1v) is 5.53. The Kier molecular flexibility index (Phi) is 4.35. The van der Waals surface area contributed by atoms with Crippen LogP contribution in [0.5, 0.6) is 0 Å². The first-order chi connectivity index (χ1) is 7.13. The molecule has 1 rings (SSSR count). The maximum absolute atomic E-state index is 11.6. The molecule has 0 saturated carbocycles. The van der Waals surface area contributed by atoms with Crippen LogP contribution in [-0.4, -0.2) is 11.9 Å². The molecule has 0 aliphatic heterocycles. The Labute approximate surface area is 91.7 Å². The highest BCUT2D eigenvalue weighted by molar-refractivity contribution is 5.94. The third-order valence-electron chi connectivity index (χ3n) is 2.17. The second-order valence-corrected chi connectivity index (χ2v) is 4.08. The normalized spacial score (nSPS) is 10.4. The largest absolute Gasteiger partial charge is 0.350 e. The Morgan fingerprint density at radius 1 is 1.27 bits per heavy atom. The Morgan fingerprint density at radius 2 is 1.87 bits per heavy atom. The first kappa shape index (κ1) is 11.8. The van der Waals surface area contributed by atoms with Gasteiger partial charge in [-0.1, -0.05) is 25.5 Å². The Morgan fingerprint density at radius 3 is 2.33 bits per heavy atom. The van der Waals surface area contributed by atoms with Crippen LogP contribution in [0.25, 0.3) is 0 Å². The number of carbonyl (C=O) groups excluding carboxylic acids is 1. The summed E-state index contributed by atoms with van der Waals surface area (Å²) in [6.07, 6.45) is 2.21. The number of hydrogen-bond donors (Lipinski definition) is 1. The van der Waals surface area contributed by atoms with Gasteiger partial charge in [0, 0.05) is 11.6 Å². The van der Waals surface area contributed by atoms with E-state index in [1.165, 1.54) is 5.56 Å². The highest BCUT2D eigenvalue weighted by Gasteiger charge is 2.05. The summed E-state index contributed by atoms with van der Waals surface area (Å²) >= 11 is 0. The molecule has 1 aromatic carbocycles. The van der Waals surface area contributed by atoms with E-state index < -0.39 is 0 Å². The lowest BCUT2D eigenvalue weighted by molar-refractivity contribution is 0.0943. The van der Waals surface area contributed by atoms with Crippen molar-refractivity contribution in [3.63, 3.8) is 0 Å². The van der Waals surface area contributed by atoms with Crippen molar-refractivity contribution in [3.05, 3.63) is 35.4 Å². The summed E-state index contributed by atoms with van der Waals surface area (Å²) in [6, 6.07) is 8.02. The summed E-state index contributed by atoms with van der Waals surface area (Å²) in [4.78, 5) is 11.6. The number of hydrogen-bond acceptors (Lipinski definition) is 1. The second kappa shape index (κ2) is 5.54. The quantitative estimate of drug-likeness (QED) is 0.804. The molecule has 0 saturated heterocycles. The molecule has 2 nitrogen and oxygen atoms in total. The molecule has 0 radical (unpaired) electrons. The van der Waals surface area contributed by atoms with Gasteiger partial charge >= 0.3 is 0 Å². The minimum absolute atomic E-state index is 0.00745. The van der Waals surface area contributed by atoms with Crippen LogP contribution in [0.1, 0.15) is 43.1 Å². The molecule has 0 bridgehead atoms. The maximum Gasteiger partial charge on any atom is 0.251 e. The van der Waals surface area contributed by atoms with E-state index in [9.17, 15) is 4.79 Å². The van der Waals surface area contributed by atoms with Gasteiger partial charge in [-0.25, -0.2) is 0 Å². The standard InChI is InChI=1S/C13H19NO/c1-4-5-11-6-8-12(9-7-11)13(15)14-10(2)3/h6-10H,4-5H2,1-3H3,(H,14,15). The summed E-state index contributed by atoms with van der Waals surface area (Å²) in [6.45, 7) is 6.08. The van der Waals surface area contributed by atoms with E-state index in [4.69, 9.17) is 0 Å². The molecule has 0 aliphatic rings. The summed E-state index contributed by atoms with van der Waals surface area (Å²) in [5.74, 6) is 0.00745. The monoisotopic (exact) mass is 205 g/mol. The van der Waals surface area contributed by atoms with Crippen LogP contribution in [0, 0.1) is 0 Å². The fourth-order valence-corrected chi connectivity index (χ4v) is 1.46. The molecule has 0 spiro atoms. The molecule has 1 aromatic rings. The van der Waals surface area contributed by atoms with Gasteiger partial charge in [-0.15, -0.1) is 0 Å². The molecule has 1 amide bonds. The van der Waals surface area contributed by atoms with E-state index in [0.717, 1.165) is 18.4 Å². The lowest BCUT2D eigenvalue weighted by Crippen LogP contribution is -2.29. The topological polar surface area (TPSA) is 29.1 Å². The number of benzene rings is 1. The summed E-state index contributed by atoms with van der Waals surface area (Å²) in [5, 5.41) is 2.87. The fraction of sp³-hybridized carbons (Fsp3) is 0.462. The van der Waals surface area contributed by atoms with Gasteiger partial charge in [0.1, 0.15) is 0 Å². The molecule has 0 heterocycles. The summed E-state index contributed by atoms with van der Waals surface area (Å²) in [7, 11) is 0. The zero-order valence-electron chi connectivity index (χ0n) is 9.71. The van der Waals surface area contributed by atoms with Crippen molar-refractivity contribution in [2.75, 3.05) is 0 Å². The second-order valence-electron chi connectivity index (χ2n) is 4.08. The molecule has 2 heteroatoms. The van der Waals surface area contributed by atoms with Gasteiger partial charge in [0.15, 0.2) is 0 Å². The predicted octanol–water partition coefficient (Wildman–Crippen LogP) is 2.78. The lowest BCUT2D eigenvalue weighted by atomic mass is 10.1. The van der Waals surface area contributed by atoms with Gasteiger partial charge in [0.2, 0.25) is 0 Å². The molecule has 0 aliphatic carbocycles. The number of rotatable bonds is 4. The number of amides is 1. The van der Waals surface area contributed by atoms with Gasteiger partial charge in [-0.05, 0) is 38.0 Å². The van der Waals surface area contributed by atoms with Gasteiger partial charge < -0.3 is 5.32 Å². The van der Waals surface area contributed by atoms with E-state index in [1.54, 1.807) is 0 Å². The van der Waals surface area contributed by atoms with Crippen LogP contribution in [0.15, 0.2) is 24.3 Å². The highest BCUT2D eigenvalue weighted by Crippen LogP contribution is 2.06. The van der Waals surface area contributed by atoms with Crippen molar-refractivity contribution < 1.29 is 4.79 Å². The van der Waals surface area contributed by atoms with E-state index >= 15 is 0 Å². The zero-order chi connectivity index (χ0) is 11.3. The highest BCUT2D eigenvalue weighted by atomic mass is 16.1. The van der Waals surface area contributed by atoms with Crippen LogP contribution in [-0.2, 0) is 6.42 Å². The van der Waals surface area contributed by atoms with Crippen LogP contribution in [0.3, 0.4) is 0 Å². The van der Waals surface area contributed by atoms with Crippen LogP contribution in [0.2, 0.25) is 0 Å². The zero-order valence-corrected chi connectivity index (χ0v) is 9.71. The Bertz CT molecular complexity index is 314. The van der Waals surface area contributed by atoms with E-state index in [1.807, 2.05) is 38.1 Å². The minimum atomic E-state index is 0.00745. The molecule has 15 heavy (non-hydrogen) atoms. The molecule has 0 unspecified atom stereocenters. The number of carbonyl (C=O) groups is 1. The average molecular weight is 205 g/mol. The van der Waals surface area contributed by atoms with Crippen molar-refractivity contribution in [3.8, 4) is 0 Å². The van der Waals surface area contributed by atoms with Crippen LogP contribution < -0.4 is 5.32 Å². The molecular weight excluding hydrogens is 186 g/mol. The SMILES string of the molecule is CCCc1ccc(C(=O)NC(C)C)cc1. The maximum atomic E-state index is 11.6. The van der Waals surface area contributed by atoms with Crippen molar-refractivity contribution in [1.82, 2.24) is 5.32 Å². The summed E-state index contributed by atoms with van der Waals surface area (Å²) < 4.78 is 0. The van der Waals surface area contributed by atoms with Gasteiger partial charge in [-0.2, -0.15) is 0 Å². The molecule has 1 N–H and O–H groups in total. The first-order valence-electron chi connectivity index (χ1n) is 5.53. The smallest absolute Gasteiger partial charge is 0.251 e. The van der Waals surface area contributed by atoms with Gasteiger partial charge in [-0.3, -0.25) is 4.79 Å². The predicted molar refractivity (Wildman–Crippen MR) is 63.0 cm³/mol.